The monoisotopic (exact) mass is 270 g/mol. The molecule has 0 radical (unpaired) electrons. The molecule has 0 aliphatic heterocycles. The molecule has 0 bridgehead atoms. The number of nitrogens with two attached hydrogens (primary N) is 1. The Bertz CT molecular complexity index is 249. The number of rotatable bonds is 2. The summed E-state index contributed by atoms with van der Waals surface area (Å²) in [5.74, 6) is -1.85. The van der Waals surface area contributed by atoms with Crippen LogP contribution in [-0.2, 0) is 4.79 Å². The summed E-state index contributed by atoms with van der Waals surface area (Å²) in [6.45, 7) is 1.24. The van der Waals surface area contributed by atoms with E-state index in [2.05, 4.69) is 19.0 Å². The lowest BCUT2D eigenvalue weighted by atomic mass is 9.86. The molecule has 0 unspecified atom stereocenters. The molecule has 1 aliphatic carbocycles. The van der Waals surface area contributed by atoms with Crippen molar-refractivity contribution >= 4 is 5.97 Å². The molecule has 1 rings (SSSR count). The fourth-order valence-corrected chi connectivity index (χ4v) is 1.89. The second kappa shape index (κ2) is 7.58. The van der Waals surface area contributed by atoms with E-state index in [4.69, 9.17) is 15.6 Å². The van der Waals surface area contributed by atoms with Crippen molar-refractivity contribution in [1.29, 1.82) is 0 Å². The smallest absolute Gasteiger partial charge is 0.475 e. The molecule has 7 heteroatoms. The van der Waals surface area contributed by atoms with E-state index in [0.717, 1.165) is 5.92 Å². The average molecular weight is 270 g/mol. The van der Waals surface area contributed by atoms with Gasteiger partial charge in [0.15, 0.2) is 0 Å². The summed E-state index contributed by atoms with van der Waals surface area (Å²) in [5, 5.41) is 7.12. The number of hydrogen-bond donors (Lipinski definition) is 2. The third-order valence-electron chi connectivity index (χ3n) is 2.76. The van der Waals surface area contributed by atoms with Crippen molar-refractivity contribution in [3.05, 3.63) is 0 Å². The van der Waals surface area contributed by atoms with Gasteiger partial charge in [-0.25, -0.2) is 4.79 Å². The minimum atomic E-state index is -5.08. The lowest BCUT2D eigenvalue weighted by molar-refractivity contribution is -0.192. The summed E-state index contributed by atoms with van der Waals surface area (Å²) in [5.41, 5.74) is 5.81. The summed E-state index contributed by atoms with van der Waals surface area (Å²) in [6.07, 6.45) is 0.0513. The normalized spacial score (nSPS) is 24.4. The molecular formula is C11H21F3N2O2. The van der Waals surface area contributed by atoms with Crippen molar-refractivity contribution in [1.82, 2.24) is 4.90 Å². The molecule has 0 spiro atoms. The van der Waals surface area contributed by atoms with Gasteiger partial charge in [-0.3, -0.25) is 0 Å². The van der Waals surface area contributed by atoms with E-state index in [-0.39, 0.29) is 0 Å². The molecule has 3 N–H and O–H groups in total. The Morgan fingerprint density at radius 2 is 1.67 bits per heavy atom. The number of carbonyl (C=O) groups is 1. The highest BCUT2D eigenvalue weighted by atomic mass is 19.4. The fourth-order valence-electron chi connectivity index (χ4n) is 1.89. The molecule has 0 aromatic rings. The summed E-state index contributed by atoms with van der Waals surface area (Å²) in [4.78, 5) is 11.2. The van der Waals surface area contributed by atoms with Gasteiger partial charge in [0.1, 0.15) is 0 Å². The number of nitrogens with zero attached hydrogens (tertiary/aromatic N) is 1. The number of aliphatic carboxylic acids is 1. The van der Waals surface area contributed by atoms with E-state index in [1.807, 2.05) is 0 Å². The summed E-state index contributed by atoms with van der Waals surface area (Å²) >= 11 is 0. The van der Waals surface area contributed by atoms with Gasteiger partial charge in [0.2, 0.25) is 0 Å². The van der Waals surface area contributed by atoms with E-state index in [0.29, 0.717) is 6.04 Å². The molecule has 0 atom stereocenters. The van der Waals surface area contributed by atoms with Crippen LogP contribution in [0.1, 0.15) is 25.7 Å². The molecule has 0 aromatic heterocycles. The lowest BCUT2D eigenvalue weighted by Crippen LogP contribution is -2.31. The van der Waals surface area contributed by atoms with Gasteiger partial charge in [0.25, 0.3) is 0 Å². The van der Waals surface area contributed by atoms with Crippen LogP contribution in [0.5, 0.6) is 0 Å². The number of hydrogen-bond acceptors (Lipinski definition) is 3. The van der Waals surface area contributed by atoms with Crippen LogP contribution in [0.3, 0.4) is 0 Å². The molecule has 0 aromatic carbocycles. The second-order valence-corrected chi connectivity index (χ2v) is 4.85. The van der Waals surface area contributed by atoms with Crippen LogP contribution in [0.4, 0.5) is 13.2 Å². The topological polar surface area (TPSA) is 66.6 Å². The Morgan fingerprint density at radius 1 is 1.28 bits per heavy atom. The highest BCUT2D eigenvalue weighted by Crippen LogP contribution is 2.23. The molecule has 0 saturated heterocycles. The number of carboxylic acid groups (broad SMARTS) is 1. The molecule has 1 fully saturated rings. The first-order chi connectivity index (χ1) is 8.12. The van der Waals surface area contributed by atoms with Crippen molar-refractivity contribution in [2.24, 2.45) is 11.7 Å². The molecule has 0 heterocycles. The van der Waals surface area contributed by atoms with Crippen LogP contribution in [0.2, 0.25) is 0 Å². The number of carboxylic acids is 1. The molecular weight excluding hydrogens is 249 g/mol. The van der Waals surface area contributed by atoms with Crippen molar-refractivity contribution in [2.45, 2.75) is 37.9 Å². The Kier molecular flexibility index (Phi) is 7.23. The van der Waals surface area contributed by atoms with Gasteiger partial charge in [-0.05, 0) is 45.7 Å². The van der Waals surface area contributed by atoms with Crippen molar-refractivity contribution in [3.8, 4) is 0 Å². The fraction of sp³-hybridized carbons (Fsp3) is 0.909. The zero-order valence-electron chi connectivity index (χ0n) is 10.7. The van der Waals surface area contributed by atoms with Crippen LogP contribution in [0, 0.1) is 5.92 Å². The van der Waals surface area contributed by atoms with Gasteiger partial charge in [-0.15, -0.1) is 0 Å². The second-order valence-electron chi connectivity index (χ2n) is 4.85. The number of alkyl halides is 3. The van der Waals surface area contributed by atoms with E-state index in [1.165, 1.54) is 32.2 Å². The number of halogens is 3. The minimum Gasteiger partial charge on any atom is -0.475 e. The van der Waals surface area contributed by atoms with Crippen LogP contribution < -0.4 is 5.73 Å². The van der Waals surface area contributed by atoms with Gasteiger partial charge in [0.05, 0.1) is 0 Å². The maximum atomic E-state index is 10.6. The first-order valence-electron chi connectivity index (χ1n) is 5.83. The molecule has 0 amide bonds. The Labute approximate surface area is 105 Å². The van der Waals surface area contributed by atoms with Crippen LogP contribution >= 0.6 is 0 Å². The van der Waals surface area contributed by atoms with E-state index >= 15 is 0 Å². The van der Waals surface area contributed by atoms with Gasteiger partial charge in [-0.1, -0.05) is 0 Å². The predicted molar refractivity (Wildman–Crippen MR) is 62.2 cm³/mol. The van der Waals surface area contributed by atoms with Crippen molar-refractivity contribution in [2.75, 3.05) is 20.6 Å². The summed E-state index contributed by atoms with van der Waals surface area (Å²) in [6, 6.07) is 0.494. The highest BCUT2D eigenvalue weighted by Gasteiger charge is 2.38. The largest absolute Gasteiger partial charge is 0.490 e. The van der Waals surface area contributed by atoms with E-state index in [1.54, 1.807) is 0 Å². The quantitative estimate of drug-likeness (QED) is 0.801. The highest BCUT2D eigenvalue weighted by molar-refractivity contribution is 5.73. The zero-order chi connectivity index (χ0) is 14.3. The maximum absolute atomic E-state index is 10.6. The van der Waals surface area contributed by atoms with Crippen LogP contribution in [0.25, 0.3) is 0 Å². The maximum Gasteiger partial charge on any atom is 0.490 e. The molecule has 4 nitrogen and oxygen atoms in total. The first kappa shape index (κ1) is 17.2. The van der Waals surface area contributed by atoms with E-state index in [9.17, 15) is 13.2 Å². The van der Waals surface area contributed by atoms with Crippen molar-refractivity contribution < 1.29 is 23.1 Å². The third kappa shape index (κ3) is 8.30. The predicted octanol–water partition coefficient (Wildman–Crippen LogP) is 1.70. The summed E-state index contributed by atoms with van der Waals surface area (Å²) < 4.78 is 31.7. The van der Waals surface area contributed by atoms with Gasteiger partial charge in [-0.2, -0.15) is 13.2 Å². The SMILES string of the molecule is CN(C)C[C@H]1CC[C@H](N)CC1.O=C(O)C(F)(F)F. The van der Waals surface area contributed by atoms with Gasteiger partial charge >= 0.3 is 12.1 Å². The van der Waals surface area contributed by atoms with Crippen LogP contribution in [-0.4, -0.2) is 48.8 Å². The van der Waals surface area contributed by atoms with E-state index < -0.39 is 12.1 Å². The van der Waals surface area contributed by atoms with Crippen molar-refractivity contribution in [3.63, 3.8) is 0 Å². The Hall–Kier alpha value is -0.820. The lowest BCUT2D eigenvalue weighted by Gasteiger charge is -2.28. The van der Waals surface area contributed by atoms with Gasteiger partial charge < -0.3 is 15.7 Å². The first-order valence-corrected chi connectivity index (χ1v) is 5.83. The standard InChI is InChI=1S/C9H20N2.C2HF3O2/c1-11(2)7-8-3-5-9(10)6-4-8;3-2(4,5)1(6)7/h8-9H,3-7,10H2,1-2H3;(H,6,7)/t8-,9-;. The Morgan fingerprint density at radius 3 is 1.94 bits per heavy atom. The van der Waals surface area contributed by atoms with Crippen LogP contribution in [0.15, 0.2) is 0 Å². The zero-order valence-corrected chi connectivity index (χ0v) is 10.7. The summed E-state index contributed by atoms with van der Waals surface area (Å²) in [7, 11) is 4.29. The molecule has 1 aliphatic rings. The molecule has 1 saturated carbocycles. The minimum absolute atomic E-state index is 0.494. The average Bonchev–Trinajstić information content (AvgIpc) is 2.20. The van der Waals surface area contributed by atoms with Gasteiger partial charge in [0, 0.05) is 12.6 Å². The Balaban J connectivity index is 0.000000360. The molecule has 18 heavy (non-hydrogen) atoms. The molecule has 108 valence electrons. The third-order valence-corrected chi connectivity index (χ3v) is 2.76.